The van der Waals surface area contributed by atoms with E-state index < -0.39 is 0 Å². The Balaban J connectivity index is 0.00000162. The van der Waals surface area contributed by atoms with Crippen LogP contribution in [-0.2, 0) is 4.79 Å². The van der Waals surface area contributed by atoms with E-state index in [0.717, 1.165) is 24.4 Å². The normalized spacial score (nSPS) is 19.1. The number of aromatic nitrogens is 1. The molecule has 7 heteroatoms. The average molecular weight is 326 g/mol. The Morgan fingerprint density at radius 3 is 2.95 bits per heavy atom. The topological polar surface area (TPSA) is 54.0 Å². The SMILES string of the molecule is CCC(NC(=O)CC1CCCN1)c1nccs1.Cl.Cl. The number of rotatable bonds is 5. The van der Waals surface area contributed by atoms with Gasteiger partial charge in [-0.1, -0.05) is 6.92 Å². The monoisotopic (exact) mass is 325 g/mol. The molecule has 1 aromatic rings. The fraction of sp³-hybridized carbons (Fsp3) is 0.667. The van der Waals surface area contributed by atoms with Crippen molar-refractivity contribution in [1.82, 2.24) is 15.6 Å². The minimum absolute atomic E-state index is 0. The molecule has 2 heterocycles. The Labute approximate surface area is 130 Å². The molecule has 0 radical (unpaired) electrons. The molecular weight excluding hydrogens is 305 g/mol. The highest BCUT2D eigenvalue weighted by Gasteiger charge is 2.20. The second kappa shape index (κ2) is 9.53. The number of carbonyl (C=O) groups is 1. The molecule has 2 N–H and O–H groups in total. The minimum Gasteiger partial charge on any atom is -0.347 e. The number of thiazole rings is 1. The summed E-state index contributed by atoms with van der Waals surface area (Å²) < 4.78 is 0. The zero-order valence-corrected chi connectivity index (χ0v) is 13.4. The van der Waals surface area contributed by atoms with E-state index in [1.807, 2.05) is 5.38 Å². The second-order valence-corrected chi connectivity index (χ2v) is 5.32. The van der Waals surface area contributed by atoms with Crippen LogP contribution in [0.1, 0.15) is 43.7 Å². The molecule has 1 amide bonds. The van der Waals surface area contributed by atoms with Gasteiger partial charge in [0, 0.05) is 24.0 Å². The molecule has 1 saturated heterocycles. The molecule has 0 saturated carbocycles. The first-order valence-electron chi connectivity index (χ1n) is 6.21. The smallest absolute Gasteiger partial charge is 0.222 e. The first-order chi connectivity index (χ1) is 8.29. The Hall–Kier alpha value is -0.360. The number of hydrogen-bond donors (Lipinski definition) is 2. The third-order valence-electron chi connectivity index (χ3n) is 3.09. The molecule has 1 aliphatic heterocycles. The summed E-state index contributed by atoms with van der Waals surface area (Å²) in [6, 6.07) is 0.438. The van der Waals surface area contributed by atoms with Gasteiger partial charge < -0.3 is 10.6 Å². The zero-order valence-electron chi connectivity index (χ0n) is 10.9. The first kappa shape index (κ1) is 18.6. The highest BCUT2D eigenvalue weighted by atomic mass is 35.5. The number of halogens is 2. The molecule has 2 atom stereocenters. The average Bonchev–Trinajstić information content (AvgIpc) is 2.97. The van der Waals surface area contributed by atoms with Gasteiger partial charge in [0.05, 0.1) is 6.04 Å². The van der Waals surface area contributed by atoms with Gasteiger partial charge in [-0.05, 0) is 25.8 Å². The van der Waals surface area contributed by atoms with E-state index >= 15 is 0 Å². The van der Waals surface area contributed by atoms with Crippen LogP contribution < -0.4 is 10.6 Å². The maximum absolute atomic E-state index is 11.9. The van der Waals surface area contributed by atoms with Crippen LogP contribution in [0.2, 0.25) is 0 Å². The first-order valence-corrected chi connectivity index (χ1v) is 7.09. The van der Waals surface area contributed by atoms with Gasteiger partial charge in [-0.15, -0.1) is 36.2 Å². The largest absolute Gasteiger partial charge is 0.347 e. The van der Waals surface area contributed by atoms with Crippen LogP contribution in [0.3, 0.4) is 0 Å². The van der Waals surface area contributed by atoms with E-state index in [4.69, 9.17) is 0 Å². The zero-order chi connectivity index (χ0) is 12.1. The predicted octanol–water partition coefficient (Wildman–Crippen LogP) is 2.70. The van der Waals surface area contributed by atoms with E-state index in [1.54, 1.807) is 17.5 Å². The standard InChI is InChI=1S/C12H19N3OS.2ClH/c1-2-10(12-14-6-7-17-12)15-11(16)8-9-4-3-5-13-9;;/h6-7,9-10,13H,2-5,8H2,1H3,(H,15,16);2*1H. The lowest BCUT2D eigenvalue weighted by Crippen LogP contribution is -2.34. The molecule has 0 spiro atoms. The summed E-state index contributed by atoms with van der Waals surface area (Å²) in [5.41, 5.74) is 0. The lowest BCUT2D eigenvalue weighted by Gasteiger charge is -2.16. The number of nitrogens with one attached hydrogen (secondary N) is 2. The van der Waals surface area contributed by atoms with Crippen molar-refractivity contribution in [1.29, 1.82) is 0 Å². The molecule has 4 nitrogen and oxygen atoms in total. The third-order valence-corrected chi connectivity index (χ3v) is 3.98. The van der Waals surface area contributed by atoms with Crippen molar-refractivity contribution in [2.45, 2.75) is 44.7 Å². The van der Waals surface area contributed by atoms with Crippen LogP contribution in [-0.4, -0.2) is 23.5 Å². The minimum atomic E-state index is 0. The van der Waals surface area contributed by atoms with Gasteiger partial charge in [0.25, 0.3) is 0 Å². The van der Waals surface area contributed by atoms with Crippen LogP contribution in [0.25, 0.3) is 0 Å². The van der Waals surface area contributed by atoms with Crippen LogP contribution >= 0.6 is 36.2 Å². The molecule has 110 valence electrons. The van der Waals surface area contributed by atoms with E-state index in [0.29, 0.717) is 12.5 Å². The van der Waals surface area contributed by atoms with E-state index in [9.17, 15) is 4.79 Å². The van der Waals surface area contributed by atoms with Crippen molar-refractivity contribution >= 4 is 42.1 Å². The fourth-order valence-corrected chi connectivity index (χ4v) is 2.93. The highest BCUT2D eigenvalue weighted by molar-refractivity contribution is 7.09. The molecule has 0 bridgehead atoms. The maximum Gasteiger partial charge on any atom is 0.222 e. The molecule has 2 rings (SSSR count). The van der Waals surface area contributed by atoms with Crippen molar-refractivity contribution in [3.63, 3.8) is 0 Å². The van der Waals surface area contributed by atoms with Crippen molar-refractivity contribution in [2.75, 3.05) is 6.54 Å². The van der Waals surface area contributed by atoms with Crippen LogP contribution in [0, 0.1) is 0 Å². The molecule has 1 fully saturated rings. The molecule has 0 aromatic carbocycles. The number of nitrogens with zero attached hydrogens (tertiary/aromatic N) is 1. The summed E-state index contributed by atoms with van der Waals surface area (Å²) in [7, 11) is 0. The highest BCUT2D eigenvalue weighted by Crippen LogP contribution is 2.19. The molecular formula is C12H21Cl2N3OS. The van der Waals surface area contributed by atoms with Gasteiger partial charge in [0.2, 0.25) is 5.91 Å². The van der Waals surface area contributed by atoms with E-state index in [1.165, 1.54) is 6.42 Å². The Kier molecular flexibility index (Phi) is 9.35. The quantitative estimate of drug-likeness (QED) is 0.875. The van der Waals surface area contributed by atoms with Crippen molar-refractivity contribution < 1.29 is 4.79 Å². The summed E-state index contributed by atoms with van der Waals surface area (Å²) in [4.78, 5) is 16.1. The summed E-state index contributed by atoms with van der Waals surface area (Å²) >= 11 is 1.60. The summed E-state index contributed by atoms with van der Waals surface area (Å²) in [5, 5.41) is 9.35. The fourth-order valence-electron chi connectivity index (χ4n) is 2.15. The Bertz CT molecular complexity index is 356. The maximum atomic E-state index is 11.9. The summed E-state index contributed by atoms with van der Waals surface area (Å²) in [6.07, 6.45) is 5.55. The van der Waals surface area contributed by atoms with E-state index in [-0.39, 0.29) is 36.8 Å². The van der Waals surface area contributed by atoms with Gasteiger partial charge in [-0.3, -0.25) is 4.79 Å². The predicted molar refractivity (Wildman–Crippen MR) is 83.4 cm³/mol. The van der Waals surface area contributed by atoms with Gasteiger partial charge in [-0.2, -0.15) is 0 Å². The summed E-state index contributed by atoms with van der Waals surface area (Å²) in [6.45, 7) is 3.11. The number of amides is 1. The number of carbonyl (C=O) groups excluding carboxylic acids is 1. The van der Waals surface area contributed by atoms with Crippen molar-refractivity contribution in [2.24, 2.45) is 0 Å². The summed E-state index contributed by atoms with van der Waals surface area (Å²) in [5.74, 6) is 0.131. The van der Waals surface area contributed by atoms with Gasteiger partial charge in [0.1, 0.15) is 5.01 Å². The van der Waals surface area contributed by atoms with Crippen molar-refractivity contribution in [3.05, 3.63) is 16.6 Å². The van der Waals surface area contributed by atoms with Gasteiger partial charge in [-0.25, -0.2) is 4.98 Å². The second-order valence-electron chi connectivity index (χ2n) is 4.40. The third kappa shape index (κ3) is 5.65. The van der Waals surface area contributed by atoms with Crippen LogP contribution in [0.5, 0.6) is 0 Å². The molecule has 2 unspecified atom stereocenters. The van der Waals surface area contributed by atoms with Crippen LogP contribution in [0.15, 0.2) is 11.6 Å². The van der Waals surface area contributed by atoms with E-state index in [2.05, 4.69) is 22.5 Å². The molecule has 1 aromatic heterocycles. The van der Waals surface area contributed by atoms with Gasteiger partial charge in [0.15, 0.2) is 0 Å². The number of hydrogen-bond acceptors (Lipinski definition) is 4. The van der Waals surface area contributed by atoms with Crippen molar-refractivity contribution in [3.8, 4) is 0 Å². The molecule has 1 aliphatic rings. The molecule has 19 heavy (non-hydrogen) atoms. The lowest BCUT2D eigenvalue weighted by molar-refractivity contribution is -0.122. The Morgan fingerprint density at radius 1 is 1.63 bits per heavy atom. The molecule has 0 aliphatic carbocycles. The van der Waals surface area contributed by atoms with Gasteiger partial charge >= 0.3 is 0 Å². The Morgan fingerprint density at radius 2 is 2.42 bits per heavy atom. The van der Waals surface area contributed by atoms with Crippen LogP contribution in [0.4, 0.5) is 0 Å². The lowest BCUT2D eigenvalue weighted by atomic mass is 10.1.